The van der Waals surface area contributed by atoms with E-state index in [9.17, 15) is 0 Å². The number of hydrogen-bond acceptors (Lipinski definition) is 0. The Labute approximate surface area is 133 Å². The first-order chi connectivity index (χ1) is 10.6. The topological polar surface area (TPSA) is 0 Å². The molecule has 0 heterocycles. The molecule has 0 unspecified atom stereocenters. The van der Waals surface area contributed by atoms with Crippen LogP contribution in [0.25, 0.3) is 22.3 Å². The first-order valence-corrected chi connectivity index (χ1v) is 7.72. The Balaban J connectivity index is 2.01. The Hall–Kier alpha value is -2.34. The Morgan fingerprint density at radius 2 is 1.27 bits per heavy atom. The minimum atomic E-state index is 0.116. The van der Waals surface area contributed by atoms with E-state index in [1.807, 2.05) is 12.1 Å². The van der Waals surface area contributed by atoms with Crippen molar-refractivity contribution in [3.05, 3.63) is 84.4 Å². The van der Waals surface area contributed by atoms with Gasteiger partial charge in [-0.15, -0.1) is 0 Å². The summed E-state index contributed by atoms with van der Waals surface area (Å²) in [6.45, 7) is 6.74. The third kappa shape index (κ3) is 2.96. The first-order valence-electron chi connectivity index (χ1n) is 7.72. The summed E-state index contributed by atoms with van der Waals surface area (Å²) in [4.78, 5) is 0. The van der Waals surface area contributed by atoms with Gasteiger partial charge in [0.25, 0.3) is 0 Å². The molecule has 0 bridgehead atoms. The van der Waals surface area contributed by atoms with Gasteiger partial charge in [-0.2, -0.15) is 0 Å². The van der Waals surface area contributed by atoms with E-state index < -0.39 is 0 Å². The molecule has 0 N–H and O–H groups in total. The highest BCUT2D eigenvalue weighted by Gasteiger charge is 2.18. The smallest absolute Gasteiger partial charge is 0.0125 e. The van der Waals surface area contributed by atoms with Gasteiger partial charge in [0.05, 0.1) is 0 Å². The maximum absolute atomic E-state index is 3.21. The van der Waals surface area contributed by atoms with E-state index in [2.05, 4.69) is 87.5 Å². The van der Waals surface area contributed by atoms with Gasteiger partial charge in [-0.25, -0.2) is 0 Å². The molecule has 3 rings (SSSR count). The largest absolute Gasteiger partial charge is 0.0622 e. The Kier molecular flexibility index (Phi) is 3.85. The summed E-state index contributed by atoms with van der Waals surface area (Å²) in [5.41, 5.74) is 6.52. The third-order valence-corrected chi connectivity index (χ3v) is 3.98. The van der Waals surface area contributed by atoms with Gasteiger partial charge in [-0.3, -0.25) is 0 Å². The normalized spacial score (nSPS) is 11.4. The molecule has 0 atom stereocenters. The van der Waals surface area contributed by atoms with E-state index in [4.69, 9.17) is 0 Å². The van der Waals surface area contributed by atoms with Crippen molar-refractivity contribution in [3.8, 4) is 22.3 Å². The SMILES string of the molecule is CC(C)(C)c1c[c]ccc1-c1ccc(-c2ccccc2)cc1. The molecule has 0 aliphatic carbocycles. The van der Waals surface area contributed by atoms with Gasteiger partial charge in [0, 0.05) is 0 Å². The summed E-state index contributed by atoms with van der Waals surface area (Å²) in [5, 5.41) is 0. The second-order valence-corrected chi connectivity index (χ2v) is 6.67. The van der Waals surface area contributed by atoms with Crippen molar-refractivity contribution in [2.45, 2.75) is 26.2 Å². The number of hydrogen-bond donors (Lipinski definition) is 0. The third-order valence-electron chi connectivity index (χ3n) is 3.98. The Morgan fingerprint density at radius 3 is 1.91 bits per heavy atom. The number of rotatable bonds is 2. The summed E-state index contributed by atoms with van der Waals surface area (Å²) >= 11 is 0. The van der Waals surface area contributed by atoms with E-state index >= 15 is 0 Å². The highest BCUT2D eigenvalue weighted by Crippen LogP contribution is 2.33. The molecular weight excluding hydrogens is 264 g/mol. The van der Waals surface area contributed by atoms with E-state index in [0.29, 0.717) is 0 Å². The van der Waals surface area contributed by atoms with Crippen LogP contribution in [-0.2, 0) is 5.41 Å². The second-order valence-electron chi connectivity index (χ2n) is 6.67. The lowest BCUT2D eigenvalue weighted by atomic mass is 9.82. The molecule has 22 heavy (non-hydrogen) atoms. The van der Waals surface area contributed by atoms with Crippen molar-refractivity contribution in [2.75, 3.05) is 0 Å². The van der Waals surface area contributed by atoms with Crippen LogP contribution in [0.4, 0.5) is 0 Å². The molecule has 3 aromatic carbocycles. The standard InChI is InChI=1S/C22H21/c1-22(2,3)21-12-8-7-11-20(21)19-15-13-18(14-16-19)17-9-5-4-6-10-17/h4-7,9-16H,1-3H3. The lowest BCUT2D eigenvalue weighted by molar-refractivity contribution is 0.592. The maximum Gasteiger partial charge on any atom is -0.0125 e. The monoisotopic (exact) mass is 285 g/mol. The molecule has 0 nitrogen and oxygen atoms in total. The molecule has 0 aliphatic heterocycles. The van der Waals surface area contributed by atoms with Crippen molar-refractivity contribution >= 4 is 0 Å². The fourth-order valence-corrected chi connectivity index (χ4v) is 2.78. The summed E-state index contributed by atoms with van der Waals surface area (Å²) < 4.78 is 0. The van der Waals surface area contributed by atoms with Crippen LogP contribution in [0.2, 0.25) is 0 Å². The fourth-order valence-electron chi connectivity index (χ4n) is 2.78. The van der Waals surface area contributed by atoms with Gasteiger partial charge in [0.15, 0.2) is 0 Å². The summed E-state index contributed by atoms with van der Waals surface area (Å²) in [5.74, 6) is 0. The molecule has 0 saturated heterocycles. The molecule has 0 heteroatoms. The van der Waals surface area contributed by atoms with E-state index in [-0.39, 0.29) is 5.41 Å². The molecule has 3 aromatic rings. The zero-order chi connectivity index (χ0) is 15.6. The quantitative estimate of drug-likeness (QED) is 0.532. The minimum Gasteiger partial charge on any atom is -0.0622 e. The van der Waals surface area contributed by atoms with Crippen LogP contribution >= 0.6 is 0 Å². The Morgan fingerprint density at radius 1 is 0.682 bits per heavy atom. The lowest BCUT2D eigenvalue weighted by Crippen LogP contribution is -2.12. The first kappa shape index (κ1) is 14.6. The molecule has 0 amide bonds. The molecule has 0 aromatic heterocycles. The van der Waals surface area contributed by atoms with Gasteiger partial charge in [0.1, 0.15) is 0 Å². The van der Waals surface area contributed by atoms with Gasteiger partial charge in [-0.1, -0.05) is 93.6 Å². The molecule has 0 aliphatic rings. The predicted octanol–water partition coefficient (Wildman–Crippen LogP) is 6.12. The van der Waals surface area contributed by atoms with Crippen molar-refractivity contribution < 1.29 is 0 Å². The van der Waals surface area contributed by atoms with Gasteiger partial charge in [-0.05, 0) is 39.3 Å². The van der Waals surface area contributed by atoms with Crippen molar-refractivity contribution in [3.63, 3.8) is 0 Å². The van der Waals surface area contributed by atoms with Crippen LogP contribution in [0.5, 0.6) is 0 Å². The number of benzene rings is 3. The van der Waals surface area contributed by atoms with E-state index in [1.54, 1.807) is 0 Å². The second kappa shape index (κ2) is 5.81. The van der Waals surface area contributed by atoms with Crippen molar-refractivity contribution in [1.82, 2.24) is 0 Å². The van der Waals surface area contributed by atoms with Gasteiger partial charge >= 0.3 is 0 Å². The van der Waals surface area contributed by atoms with Crippen LogP contribution in [0.15, 0.2) is 72.8 Å². The van der Waals surface area contributed by atoms with Crippen LogP contribution in [-0.4, -0.2) is 0 Å². The van der Waals surface area contributed by atoms with E-state index in [0.717, 1.165) is 0 Å². The highest BCUT2D eigenvalue weighted by molar-refractivity contribution is 5.73. The lowest BCUT2D eigenvalue weighted by Gasteiger charge is -2.23. The maximum atomic E-state index is 3.21. The van der Waals surface area contributed by atoms with Crippen molar-refractivity contribution in [1.29, 1.82) is 0 Å². The van der Waals surface area contributed by atoms with Crippen LogP contribution in [0, 0.1) is 6.07 Å². The molecule has 0 spiro atoms. The van der Waals surface area contributed by atoms with E-state index in [1.165, 1.54) is 27.8 Å². The molecular formula is C22H21. The molecule has 0 fully saturated rings. The average molecular weight is 285 g/mol. The predicted molar refractivity (Wildman–Crippen MR) is 94.9 cm³/mol. The van der Waals surface area contributed by atoms with Crippen LogP contribution in [0.3, 0.4) is 0 Å². The molecule has 109 valence electrons. The highest BCUT2D eigenvalue weighted by atomic mass is 14.2. The Bertz CT molecular complexity index is 744. The zero-order valence-corrected chi connectivity index (χ0v) is 13.4. The van der Waals surface area contributed by atoms with Gasteiger partial charge < -0.3 is 0 Å². The summed E-state index contributed by atoms with van der Waals surface area (Å²) in [6, 6.07) is 28.8. The molecule has 1 radical (unpaired) electrons. The minimum absolute atomic E-state index is 0.116. The average Bonchev–Trinajstić information content (AvgIpc) is 2.55. The van der Waals surface area contributed by atoms with Gasteiger partial charge in [0.2, 0.25) is 0 Å². The summed E-state index contributed by atoms with van der Waals surface area (Å²) in [7, 11) is 0. The zero-order valence-electron chi connectivity index (χ0n) is 13.4. The fraction of sp³-hybridized carbons (Fsp3) is 0.182. The summed E-state index contributed by atoms with van der Waals surface area (Å²) in [6.07, 6.45) is 0. The van der Waals surface area contributed by atoms with Crippen LogP contribution < -0.4 is 0 Å². The van der Waals surface area contributed by atoms with Crippen LogP contribution in [0.1, 0.15) is 26.3 Å². The van der Waals surface area contributed by atoms with Crippen molar-refractivity contribution in [2.24, 2.45) is 0 Å². The molecule has 0 saturated carbocycles.